The highest BCUT2D eigenvalue weighted by Gasteiger charge is 2.62. The van der Waals surface area contributed by atoms with Gasteiger partial charge in [-0.25, -0.2) is 13.2 Å². The highest BCUT2D eigenvalue weighted by Crippen LogP contribution is 2.38. The lowest BCUT2D eigenvalue weighted by Gasteiger charge is -2.49. The number of amides is 2. The lowest BCUT2D eigenvalue weighted by atomic mass is 10.0. The van der Waals surface area contributed by atoms with Crippen molar-refractivity contribution >= 4 is 33.6 Å². The molecule has 1 fully saturated rings. The fourth-order valence-corrected chi connectivity index (χ4v) is 4.87. The average Bonchev–Trinajstić information content (AvgIpc) is 2.53. The zero-order valence-electron chi connectivity index (χ0n) is 16.3. The van der Waals surface area contributed by atoms with Gasteiger partial charge in [-0.3, -0.25) is 19.3 Å². The number of esters is 2. The lowest BCUT2D eigenvalue weighted by Crippen LogP contribution is -2.75. The predicted octanol–water partition coefficient (Wildman–Crippen LogP) is -0.211. The quantitative estimate of drug-likeness (QED) is 0.453. The first-order valence-corrected chi connectivity index (χ1v) is 10.2. The number of carbonyl (C=O) groups is 4. The summed E-state index contributed by atoms with van der Waals surface area (Å²) in [6, 6.07) is -2.03. The van der Waals surface area contributed by atoms with Gasteiger partial charge in [0.1, 0.15) is 23.9 Å². The van der Waals surface area contributed by atoms with E-state index in [4.69, 9.17) is 9.47 Å². The zero-order chi connectivity index (χ0) is 23.2. The van der Waals surface area contributed by atoms with Gasteiger partial charge in [0.15, 0.2) is 15.2 Å². The number of nitrogens with zero attached hydrogens (tertiary/aromatic N) is 1. The van der Waals surface area contributed by atoms with Crippen LogP contribution in [0.2, 0.25) is 0 Å². The Morgan fingerprint density at radius 2 is 1.77 bits per heavy atom. The number of hydrogen-bond donors (Lipinski definition) is 1. The number of alkyl halides is 3. The van der Waals surface area contributed by atoms with Crippen LogP contribution >= 0.6 is 0 Å². The molecule has 2 rings (SSSR count). The molecule has 2 heterocycles. The van der Waals surface area contributed by atoms with Crippen molar-refractivity contribution in [1.82, 2.24) is 10.2 Å². The van der Waals surface area contributed by atoms with E-state index in [0.29, 0.717) is 4.90 Å². The second-order valence-electron chi connectivity index (χ2n) is 7.59. The highest BCUT2D eigenvalue weighted by atomic mass is 32.2. The molecule has 0 radical (unpaired) electrons. The van der Waals surface area contributed by atoms with Crippen molar-refractivity contribution < 1.29 is 50.2 Å². The molecule has 0 spiro atoms. The Labute approximate surface area is 169 Å². The molecule has 0 saturated carbocycles. The second kappa shape index (κ2) is 7.56. The van der Waals surface area contributed by atoms with Crippen molar-refractivity contribution in [2.45, 2.75) is 50.9 Å². The topological polar surface area (TPSA) is 136 Å². The van der Waals surface area contributed by atoms with E-state index < -0.39 is 74.8 Å². The standard InChI is InChI=1S/C16H19F3N2O8S/c1-7(22)28-5-8-6-30(26,27)12-9(20-14(25)16(17,18)19)11(23)21(12)10(8)13(24)29-15(2,3)4/h9,12H,5-6H2,1-4H3,(H,20,25)/t9-,12-/m1/s1. The minimum atomic E-state index is -5.34. The summed E-state index contributed by atoms with van der Waals surface area (Å²) in [4.78, 5) is 47.8. The lowest BCUT2D eigenvalue weighted by molar-refractivity contribution is -0.177. The predicted molar refractivity (Wildman–Crippen MR) is 91.9 cm³/mol. The molecule has 10 nitrogen and oxygen atoms in total. The van der Waals surface area contributed by atoms with Gasteiger partial charge in [0.05, 0.1) is 5.75 Å². The molecule has 0 unspecified atom stereocenters. The van der Waals surface area contributed by atoms with Gasteiger partial charge in [-0.1, -0.05) is 0 Å². The average molecular weight is 456 g/mol. The summed E-state index contributed by atoms with van der Waals surface area (Å²) in [5.74, 6) is -6.55. The summed E-state index contributed by atoms with van der Waals surface area (Å²) in [5, 5.41) is -0.591. The molecule has 1 saturated heterocycles. The molecule has 0 aromatic rings. The molecular weight excluding hydrogens is 437 g/mol. The second-order valence-corrected chi connectivity index (χ2v) is 9.69. The summed E-state index contributed by atoms with van der Waals surface area (Å²) >= 11 is 0. The third kappa shape index (κ3) is 4.74. The number of halogens is 3. The number of ether oxygens (including phenoxy) is 2. The third-order valence-electron chi connectivity index (χ3n) is 3.95. The van der Waals surface area contributed by atoms with Gasteiger partial charge in [-0.05, 0) is 20.8 Å². The SMILES string of the molecule is CC(=O)OCC1=C(C(=O)OC(C)(C)C)N2C(=O)[C@@H](NC(=O)C(F)(F)F)[C@H]2S(=O)(=O)C1. The van der Waals surface area contributed by atoms with E-state index in [9.17, 15) is 40.8 Å². The molecule has 30 heavy (non-hydrogen) atoms. The minimum absolute atomic E-state index is 0.273. The molecule has 14 heteroatoms. The van der Waals surface area contributed by atoms with E-state index in [-0.39, 0.29) is 5.57 Å². The van der Waals surface area contributed by atoms with Crippen molar-refractivity contribution in [3.05, 3.63) is 11.3 Å². The van der Waals surface area contributed by atoms with Crippen LogP contribution in [0.3, 0.4) is 0 Å². The van der Waals surface area contributed by atoms with Crippen LogP contribution in [0, 0.1) is 0 Å². The van der Waals surface area contributed by atoms with E-state index in [1.54, 1.807) is 0 Å². The Morgan fingerprint density at radius 1 is 1.20 bits per heavy atom. The van der Waals surface area contributed by atoms with Crippen molar-refractivity contribution in [1.29, 1.82) is 0 Å². The Hall–Kier alpha value is -2.64. The molecule has 168 valence electrons. The maximum absolute atomic E-state index is 12.6. The smallest absolute Gasteiger partial charge is 0.461 e. The first kappa shape index (κ1) is 23.6. The summed E-state index contributed by atoms with van der Waals surface area (Å²) in [6.07, 6.45) is -5.34. The van der Waals surface area contributed by atoms with Crippen LogP contribution in [0.15, 0.2) is 11.3 Å². The molecule has 0 aromatic carbocycles. The molecule has 0 bridgehead atoms. The number of rotatable bonds is 4. The van der Waals surface area contributed by atoms with E-state index >= 15 is 0 Å². The number of nitrogens with one attached hydrogen (secondary N) is 1. The van der Waals surface area contributed by atoms with Crippen LogP contribution in [0.4, 0.5) is 13.2 Å². The normalized spacial score (nSPS) is 23.3. The summed E-state index contributed by atoms with van der Waals surface area (Å²) < 4.78 is 72.6. The summed E-state index contributed by atoms with van der Waals surface area (Å²) in [6.45, 7) is 4.88. The minimum Gasteiger partial charge on any atom is -0.461 e. The van der Waals surface area contributed by atoms with E-state index in [1.165, 1.54) is 26.1 Å². The molecule has 2 aliphatic heterocycles. The Balaban J connectivity index is 2.47. The monoisotopic (exact) mass is 456 g/mol. The van der Waals surface area contributed by atoms with Crippen LogP contribution in [-0.2, 0) is 38.5 Å². The molecule has 0 aromatic heterocycles. The van der Waals surface area contributed by atoms with Gasteiger partial charge < -0.3 is 14.8 Å². The number of fused-ring (bicyclic) bond motifs is 1. The van der Waals surface area contributed by atoms with Gasteiger partial charge in [0.25, 0.3) is 5.91 Å². The number of carbonyl (C=O) groups excluding carboxylic acids is 4. The summed E-state index contributed by atoms with van der Waals surface area (Å²) in [5.41, 5.74) is -1.88. The molecule has 0 aliphatic carbocycles. The number of β-lactam (4-membered cyclic amide) rings is 1. The molecule has 1 N–H and O–H groups in total. The van der Waals surface area contributed by atoms with Crippen molar-refractivity contribution in [3.8, 4) is 0 Å². The molecule has 2 aliphatic rings. The molecular formula is C16H19F3N2O8S. The fourth-order valence-electron chi connectivity index (χ4n) is 2.86. The van der Waals surface area contributed by atoms with Crippen LogP contribution in [0.5, 0.6) is 0 Å². The van der Waals surface area contributed by atoms with Crippen LogP contribution in [0.1, 0.15) is 27.7 Å². The van der Waals surface area contributed by atoms with Gasteiger partial charge in [0.2, 0.25) is 0 Å². The number of sulfone groups is 1. The van der Waals surface area contributed by atoms with E-state index in [2.05, 4.69) is 0 Å². The Bertz CT molecular complexity index is 933. The third-order valence-corrected chi connectivity index (χ3v) is 5.92. The van der Waals surface area contributed by atoms with E-state index in [1.807, 2.05) is 0 Å². The van der Waals surface area contributed by atoms with Crippen LogP contribution in [-0.4, -0.2) is 72.6 Å². The van der Waals surface area contributed by atoms with Crippen molar-refractivity contribution in [3.63, 3.8) is 0 Å². The van der Waals surface area contributed by atoms with Crippen LogP contribution < -0.4 is 5.32 Å². The first-order chi connectivity index (χ1) is 13.5. The number of hydrogen-bond acceptors (Lipinski definition) is 8. The van der Waals surface area contributed by atoms with Gasteiger partial charge in [-0.2, -0.15) is 13.2 Å². The largest absolute Gasteiger partial charge is 0.471 e. The van der Waals surface area contributed by atoms with Gasteiger partial charge in [0, 0.05) is 12.5 Å². The van der Waals surface area contributed by atoms with Gasteiger partial charge >= 0.3 is 24.0 Å². The fraction of sp³-hybridized carbons (Fsp3) is 0.625. The summed E-state index contributed by atoms with van der Waals surface area (Å²) in [7, 11) is -4.34. The van der Waals surface area contributed by atoms with Crippen molar-refractivity contribution in [2.75, 3.05) is 12.4 Å². The van der Waals surface area contributed by atoms with Crippen LogP contribution in [0.25, 0.3) is 0 Å². The zero-order valence-corrected chi connectivity index (χ0v) is 17.1. The highest BCUT2D eigenvalue weighted by molar-refractivity contribution is 7.92. The maximum Gasteiger partial charge on any atom is 0.471 e. The van der Waals surface area contributed by atoms with Gasteiger partial charge in [-0.15, -0.1) is 0 Å². The first-order valence-electron chi connectivity index (χ1n) is 8.47. The molecule has 2 atom stereocenters. The Kier molecular flexibility index (Phi) is 5.96. The maximum atomic E-state index is 12.6. The molecule has 2 amide bonds. The van der Waals surface area contributed by atoms with Crippen molar-refractivity contribution in [2.24, 2.45) is 0 Å². The Morgan fingerprint density at radius 3 is 2.23 bits per heavy atom. The van der Waals surface area contributed by atoms with E-state index in [0.717, 1.165) is 6.92 Å².